The Morgan fingerprint density at radius 2 is 1.46 bits per heavy atom. The molecule has 6 aromatic rings. The second-order valence-electron chi connectivity index (χ2n) is 12.1. The van der Waals surface area contributed by atoms with Crippen LogP contribution in [0, 0.1) is 6.92 Å². The van der Waals surface area contributed by atoms with Crippen LogP contribution in [-0.4, -0.2) is 9.97 Å². The molecular formula is C33H32N2OS. The predicted molar refractivity (Wildman–Crippen MR) is 158 cm³/mol. The molecule has 186 valence electrons. The fraction of sp³-hybridized carbons (Fsp3) is 0.273. The van der Waals surface area contributed by atoms with E-state index in [1.165, 1.54) is 21.6 Å². The van der Waals surface area contributed by atoms with Crippen LogP contribution in [0.2, 0.25) is 0 Å². The maximum Gasteiger partial charge on any atom is 0.227 e. The summed E-state index contributed by atoms with van der Waals surface area (Å²) in [5, 5.41) is 3.27. The van der Waals surface area contributed by atoms with Crippen molar-refractivity contribution in [3.63, 3.8) is 0 Å². The van der Waals surface area contributed by atoms with Crippen molar-refractivity contribution in [2.45, 2.75) is 59.3 Å². The van der Waals surface area contributed by atoms with Crippen molar-refractivity contribution in [2.24, 2.45) is 0 Å². The SMILES string of the molecule is Cc1ccc2c(n1)oc1c(-c3ccc4cc(-c5cc(C(C)(C)C)cc(C(C)(C)C)c5)sc4n3)cccc12. The van der Waals surface area contributed by atoms with Crippen LogP contribution in [-0.2, 0) is 10.8 Å². The normalized spacial score (nSPS) is 12.7. The summed E-state index contributed by atoms with van der Waals surface area (Å²) in [6.45, 7) is 15.7. The molecule has 0 radical (unpaired) electrons. The molecule has 0 aliphatic heterocycles. The first-order valence-corrected chi connectivity index (χ1v) is 13.7. The van der Waals surface area contributed by atoms with E-state index in [1.54, 1.807) is 11.3 Å². The van der Waals surface area contributed by atoms with E-state index in [2.05, 4.69) is 107 Å². The largest absolute Gasteiger partial charge is 0.437 e. The fourth-order valence-electron chi connectivity index (χ4n) is 4.82. The van der Waals surface area contributed by atoms with Crippen molar-refractivity contribution in [2.75, 3.05) is 0 Å². The van der Waals surface area contributed by atoms with Gasteiger partial charge >= 0.3 is 0 Å². The summed E-state index contributed by atoms with van der Waals surface area (Å²) in [7, 11) is 0. The summed E-state index contributed by atoms with van der Waals surface area (Å²) in [6, 6.07) is 24.0. The van der Waals surface area contributed by atoms with E-state index >= 15 is 0 Å². The molecule has 0 amide bonds. The lowest BCUT2D eigenvalue weighted by Gasteiger charge is -2.26. The quantitative estimate of drug-likeness (QED) is 0.235. The molecule has 0 aliphatic carbocycles. The highest BCUT2D eigenvalue weighted by Gasteiger charge is 2.22. The molecular weight excluding hydrogens is 472 g/mol. The summed E-state index contributed by atoms with van der Waals surface area (Å²) >= 11 is 1.76. The standard InChI is InChI=1S/C33H32N2OS/c1-19-11-13-25-24-9-8-10-26(29(24)36-30(25)34-19)27-14-12-20-17-28(37-31(20)35-27)21-15-22(32(2,3)4)18-23(16-21)33(5,6)7/h8-18H,1-7H3. The summed E-state index contributed by atoms with van der Waals surface area (Å²) in [4.78, 5) is 12.0. The molecule has 0 atom stereocenters. The van der Waals surface area contributed by atoms with Crippen LogP contribution in [0.25, 0.3) is 54.0 Å². The van der Waals surface area contributed by atoms with Crippen LogP contribution in [0.15, 0.2) is 71.1 Å². The Hall–Kier alpha value is -3.50. The first kappa shape index (κ1) is 23.9. The van der Waals surface area contributed by atoms with Gasteiger partial charge in [0.2, 0.25) is 5.71 Å². The van der Waals surface area contributed by atoms with E-state index in [-0.39, 0.29) is 10.8 Å². The van der Waals surface area contributed by atoms with Crippen molar-refractivity contribution in [1.29, 1.82) is 0 Å². The number of nitrogens with zero attached hydrogens (tertiary/aromatic N) is 2. The van der Waals surface area contributed by atoms with E-state index in [0.29, 0.717) is 5.71 Å². The molecule has 0 fully saturated rings. The maximum atomic E-state index is 6.25. The smallest absolute Gasteiger partial charge is 0.227 e. The number of benzene rings is 2. The van der Waals surface area contributed by atoms with Gasteiger partial charge in [0.05, 0.1) is 5.69 Å². The van der Waals surface area contributed by atoms with Crippen LogP contribution in [0.4, 0.5) is 0 Å². The molecule has 4 heterocycles. The third-order valence-electron chi connectivity index (χ3n) is 7.11. The van der Waals surface area contributed by atoms with Gasteiger partial charge in [0.25, 0.3) is 0 Å². The Labute approximate surface area is 222 Å². The average Bonchev–Trinajstić information content (AvgIpc) is 3.43. The van der Waals surface area contributed by atoms with Gasteiger partial charge < -0.3 is 4.42 Å². The molecule has 37 heavy (non-hydrogen) atoms. The molecule has 4 heteroatoms. The number of hydrogen-bond acceptors (Lipinski definition) is 4. The highest BCUT2D eigenvalue weighted by atomic mass is 32.1. The van der Waals surface area contributed by atoms with Gasteiger partial charge in [0.15, 0.2) is 0 Å². The summed E-state index contributed by atoms with van der Waals surface area (Å²) in [5.74, 6) is 0. The third kappa shape index (κ3) is 4.23. The Morgan fingerprint density at radius 3 is 2.16 bits per heavy atom. The van der Waals surface area contributed by atoms with Crippen LogP contribution in [0.3, 0.4) is 0 Å². The summed E-state index contributed by atoms with van der Waals surface area (Å²) in [6.07, 6.45) is 0. The Bertz CT molecular complexity index is 1780. The minimum atomic E-state index is 0.0801. The second kappa shape index (κ2) is 8.26. The van der Waals surface area contributed by atoms with E-state index in [0.717, 1.165) is 43.5 Å². The lowest BCUT2D eigenvalue weighted by molar-refractivity contribution is 0.569. The number of pyridine rings is 2. The van der Waals surface area contributed by atoms with Gasteiger partial charge in [-0.15, -0.1) is 11.3 Å². The molecule has 0 saturated heterocycles. The Kier molecular flexibility index (Phi) is 5.33. The topological polar surface area (TPSA) is 38.9 Å². The van der Waals surface area contributed by atoms with Gasteiger partial charge in [-0.1, -0.05) is 59.7 Å². The van der Waals surface area contributed by atoms with E-state index in [4.69, 9.17) is 9.40 Å². The zero-order valence-electron chi connectivity index (χ0n) is 22.6. The van der Waals surface area contributed by atoms with E-state index in [9.17, 15) is 0 Å². The van der Waals surface area contributed by atoms with Crippen LogP contribution in [0.1, 0.15) is 58.4 Å². The number of hydrogen-bond donors (Lipinski definition) is 0. The van der Waals surface area contributed by atoms with Gasteiger partial charge in [-0.25, -0.2) is 9.97 Å². The van der Waals surface area contributed by atoms with E-state index < -0.39 is 0 Å². The number of thiophene rings is 1. The molecule has 0 saturated carbocycles. The van der Waals surface area contributed by atoms with Crippen molar-refractivity contribution >= 4 is 43.6 Å². The first-order valence-electron chi connectivity index (χ1n) is 12.8. The lowest BCUT2D eigenvalue weighted by Crippen LogP contribution is -2.16. The fourth-order valence-corrected chi connectivity index (χ4v) is 5.84. The molecule has 6 rings (SSSR count). The van der Waals surface area contributed by atoms with Crippen LogP contribution in [0.5, 0.6) is 0 Å². The van der Waals surface area contributed by atoms with Crippen molar-refractivity contribution in [3.8, 4) is 21.7 Å². The molecule has 0 N–H and O–H groups in total. The molecule has 3 nitrogen and oxygen atoms in total. The number of aryl methyl sites for hydroxylation is 1. The highest BCUT2D eigenvalue weighted by molar-refractivity contribution is 7.21. The number of rotatable bonds is 2. The minimum absolute atomic E-state index is 0.0801. The van der Waals surface area contributed by atoms with Gasteiger partial charge in [-0.2, -0.15) is 0 Å². The number of para-hydroxylation sites is 1. The van der Waals surface area contributed by atoms with Gasteiger partial charge in [-0.05, 0) is 83.0 Å². The zero-order valence-corrected chi connectivity index (χ0v) is 23.4. The minimum Gasteiger partial charge on any atom is -0.437 e. The summed E-state index contributed by atoms with van der Waals surface area (Å²) < 4.78 is 6.25. The number of furan rings is 1. The summed E-state index contributed by atoms with van der Waals surface area (Å²) in [5.41, 5.74) is 8.53. The molecule has 0 unspecified atom stereocenters. The Morgan fingerprint density at radius 1 is 0.730 bits per heavy atom. The monoisotopic (exact) mass is 504 g/mol. The van der Waals surface area contributed by atoms with E-state index in [1.807, 2.05) is 13.0 Å². The maximum absolute atomic E-state index is 6.25. The first-order chi connectivity index (χ1) is 17.5. The lowest BCUT2D eigenvalue weighted by atomic mass is 9.79. The molecule has 0 spiro atoms. The third-order valence-corrected chi connectivity index (χ3v) is 8.21. The van der Waals surface area contributed by atoms with Crippen LogP contribution < -0.4 is 0 Å². The van der Waals surface area contributed by atoms with Gasteiger partial charge in [-0.3, -0.25) is 0 Å². The van der Waals surface area contributed by atoms with Gasteiger partial charge in [0.1, 0.15) is 10.4 Å². The van der Waals surface area contributed by atoms with Crippen molar-refractivity contribution in [1.82, 2.24) is 9.97 Å². The van der Waals surface area contributed by atoms with Gasteiger partial charge in [0, 0.05) is 32.3 Å². The molecule has 2 aromatic carbocycles. The highest BCUT2D eigenvalue weighted by Crippen LogP contribution is 2.40. The molecule has 4 aromatic heterocycles. The predicted octanol–water partition coefficient (Wildman–Crippen LogP) is 9.83. The van der Waals surface area contributed by atoms with Crippen molar-refractivity contribution < 1.29 is 4.42 Å². The second-order valence-corrected chi connectivity index (χ2v) is 13.1. The van der Waals surface area contributed by atoms with Crippen molar-refractivity contribution in [3.05, 3.63) is 83.6 Å². The van der Waals surface area contributed by atoms with Crippen LogP contribution >= 0.6 is 11.3 Å². The molecule has 0 aliphatic rings. The Balaban J connectivity index is 1.49. The number of fused-ring (bicyclic) bond motifs is 4. The molecule has 0 bridgehead atoms. The average molecular weight is 505 g/mol. The number of aromatic nitrogens is 2. The zero-order chi connectivity index (χ0) is 26.1.